The minimum absolute atomic E-state index is 0.120. The Balaban J connectivity index is 1.74. The van der Waals surface area contributed by atoms with Crippen molar-refractivity contribution < 1.29 is 4.79 Å². The molecule has 0 saturated heterocycles. The van der Waals surface area contributed by atoms with Gasteiger partial charge in [-0.1, -0.05) is 60.3 Å². The van der Waals surface area contributed by atoms with Gasteiger partial charge in [-0.05, 0) is 32.4 Å². The van der Waals surface area contributed by atoms with Gasteiger partial charge in [-0.15, -0.1) is 0 Å². The molecule has 0 spiro atoms. The fraction of sp³-hybridized carbons (Fsp3) is 0.286. The lowest BCUT2D eigenvalue weighted by Crippen LogP contribution is -2.37. The maximum absolute atomic E-state index is 12.8. The summed E-state index contributed by atoms with van der Waals surface area (Å²) in [4.78, 5) is 23.8. The monoisotopic (exact) mass is 365 g/mol. The van der Waals surface area contributed by atoms with Gasteiger partial charge in [-0.3, -0.25) is 4.79 Å². The smallest absolute Gasteiger partial charge is 0.233 e. The van der Waals surface area contributed by atoms with Gasteiger partial charge in [0.25, 0.3) is 0 Å². The van der Waals surface area contributed by atoms with Crippen molar-refractivity contribution in [3.63, 3.8) is 0 Å². The van der Waals surface area contributed by atoms with Crippen molar-refractivity contribution in [1.82, 2.24) is 14.9 Å². The van der Waals surface area contributed by atoms with E-state index in [1.807, 2.05) is 54.3 Å². The average molecular weight is 366 g/mol. The summed E-state index contributed by atoms with van der Waals surface area (Å²) in [5, 5.41) is 1.86. The molecule has 0 aliphatic heterocycles. The van der Waals surface area contributed by atoms with E-state index in [2.05, 4.69) is 35.9 Å². The summed E-state index contributed by atoms with van der Waals surface area (Å²) in [5.74, 6) is 1.21. The van der Waals surface area contributed by atoms with Gasteiger partial charge in [0, 0.05) is 18.0 Å². The number of fused-ring (bicyclic) bond motifs is 1. The normalized spacial score (nSPS) is 11.1. The second kappa shape index (κ2) is 8.32. The summed E-state index contributed by atoms with van der Waals surface area (Å²) in [5.41, 5.74) is 2.06. The van der Waals surface area contributed by atoms with Gasteiger partial charge in [0.2, 0.25) is 5.91 Å². The molecule has 0 aliphatic rings. The van der Waals surface area contributed by atoms with Gasteiger partial charge >= 0.3 is 0 Å². The van der Waals surface area contributed by atoms with Crippen molar-refractivity contribution in [2.75, 3.05) is 5.75 Å². The van der Waals surface area contributed by atoms with Gasteiger partial charge in [-0.25, -0.2) is 9.97 Å². The highest BCUT2D eigenvalue weighted by molar-refractivity contribution is 8.00. The Morgan fingerprint density at radius 3 is 2.46 bits per heavy atom. The van der Waals surface area contributed by atoms with Crippen LogP contribution in [0.4, 0.5) is 0 Å². The molecule has 0 N–H and O–H groups in total. The standard InChI is InChI=1S/C21H23N3OS/c1-15(2)24(13-17-9-5-4-6-10-17)20(25)14-26-21-18-11-7-8-12-19(18)22-16(3)23-21/h4-12,15H,13-14H2,1-3H3. The van der Waals surface area contributed by atoms with Gasteiger partial charge < -0.3 is 4.90 Å². The third kappa shape index (κ3) is 4.41. The van der Waals surface area contributed by atoms with E-state index in [4.69, 9.17) is 0 Å². The van der Waals surface area contributed by atoms with E-state index in [9.17, 15) is 4.79 Å². The first-order valence-corrected chi connectivity index (χ1v) is 9.72. The summed E-state index contributed by atoms with van der Waals surface area (Å²) in [6.45, 7) is 6.61. The molecule has 0 unspecified atom stereocenters. The van der Waals surface area contributed by atoms with E-state index < -0.39 is 0 Å². The van der Waals surface area contributed by atoms with Crippen molar-refractivity contribution in [1.29, 1.82) is 0 Å². The van der Waals surface area contributed by atoms with Gasteiger partial charge in [0.05, 0.1) is 11.3 Å². The number of carbonyl (C=O) groups excluding carboxylic acids is 1. The van der Waals surface area contributed by atoms with Gasteiger partial charge in [0.1, 0.15) is 10.9 Å². The fourth-order valence-corrected chi connectivity index (χ4v) is 3.77. The molecule has 0 fully saturated rings. The molecule has 134 valence electrons. The third-order valence-corrected chi connectivity index (χ3v) is 5.13. The maximum atomic E-state index is 12.8. The molecular weight excluding hydrogens is 342 g/mol. The van der Waals surface area contributed by atoms with E-state index in [1.54, 1.807) is 0 Å². The van der Waals surface area contributed by atoms with Crippen LogP contribution in [-0.4, -0.2) is 32.6 Å². The Labute approximate surface area is 158 Å². The summed E-state index contributed by atoms with van der Waals surface area (Å²) >= 11 is 1.49. The molecule has 0 saturated carbocycles. The molecular formula is C21H23N3OS. The number of benzene rings is 2. The van der Waals surface area contributed by atoms with Crippen LogP contribution in [0.5, 0.6) is 0 Å². The third-order valence-electron chi connectivity index (χ3n) is 4.15. The number of rotatable bonds is 6. The Hall–Kier alpha value is -2.40. The number of aryl methyl sites for hydroxylation is 1. The average Bonchev–Trinajstić information content (AvgIpc) is 2.64. The number of hydrogen-bond acceptors (Lipinski definition) is 4. The molecule has 0 aliphatic carbocycles. The highest BCUT2D eigenvalue weighted by Gasteiger charge is 2.18. The zero-order chi connectivity index (χ0) is 18.5. The lowest BCUT2D eigenvalue weighted by atomic mass is 10.2. The number of carbonyl (C=O) groups is 1. The first-order chi connectivity index (χ1) is 12.5. The topological polar surface area (TPSA) is 46.1 Å². The van der Waals surface area contributed by atoms with Crippen LogP contribution in [-0.2, 0) is 11.3 Å². The number of nitrogens with zero attached hydrogens (tertiary/aromatic N) is 3. The second-order valence-corrected chi connectivity index (χ2v) is 7.45. The van der Waals surface area contributed by atoms with E-state index in [1.165, 1.54) is 11.8 Å². The summed E-state index contributed by atoms with van der Waals surface area (Å²) < 4.78 is 0. The van der Waals surface area contributed by atoms with Crippen molar-refractivity contribution in [2.45, 2.75) is 38.4 Å². The lowest BCUT2D eigenvalue weighted by molar-refractivity contribution is -0.130. The molecule has 0 atom stereocenters. The molecule has 1 amide bonds. The highest BCUT2D eigenvalue weighted by atomic mass is 32.2. The maximum Gasteiger partial charge on any atom is 0.233 e. The van der Waals surface area contributed by atoms with Crippen molar-refractivity contribution in [3.8, 4) is 0 Å². The molecule has 2 aromatic carbocycles. The Morgan fingerprint density at radius 1 is 1.04 bits per heavy atom. The first-order valence-electron chi connectivity index (χ1n) is 8.74. The molecule has 0 radical (unpaired) electrons. The summed E-state index contributed by atoms with van der Waals surface area (Å²) in [7, 11) is 0. The molecule has 3 aromatic rings. The molecule has 26 heavy (non-hydrogen) atoms. The van der Waals surface area contributed by atoms with Crippen LogP contribution in [0, 0.1) is 6.92 Å². The van der Waals surface area contributed by atoms with Gasteiger partial charge in [-0.2, -0.15) is 0 Å². The van der Waals surface area contributed by atoms with Crippen LogP contribution in [0.1, 0.15) is 25.2 Å². The molecule has 5 heteroatoms. The second-order valence-electron chi connectivity index (χ2n) is 6.48. The zero-order valence-corrected chi connectivity index (χ0v) is 16.2. The summed E-state index contributed by atoms with van der Waals surface area (Å²) in [6, 6.07) is 18.2. The summed E-state index contributed by atoms with van der Waals surface area (Å²) in [6.07, 6.45) is 0. The van der Waals surface area contributed by atoms with Crippen LogP contribution >= 0.6 is 11.8 Å². The molecule has 1 aromatic heterocycles. The quantitative estimate of drug-likeness (QED) is 0.478. The Kier molecular flexibility index (Phi) is 5.89. The zero-order valence-electron chi connectivity index (χ0n) is 15.3. The minimum Gasteiger partial charge on any atom is -0.335 e. The predicted octanol–water partition coefficient (Wildman–Crippen LogP) is 4.47. The molecule has 0 bridgehead atoms. The number of para-hydroxylation sites is 1. The van der Waals surface area contributed by atoms with E-state index in [0.717, 1.165) is 27.3 Å². The molecule has 1 heterocycles. The minimum atomic E-state index is 0.120. The van der Waals surface area contributed by atoms with Crippen LogP contribution in [0.25, 0.3) is 10.9 Å². The first kappa shape index (κ1) is 18.4. The number of thioether (sulfide) groups is 1. The Morgan fingerprint density at radius 2 is 1.73 bits per heavy atom. The molecule has 4 nitrogen and oxygen atoms in total. The lowest BCUT2D eigenvalue weighted by Gasteiger charge is -2.27. The number of hydrogen-bond donors (Lipinski definition) is 0. The van der Waals surface area contributed by atoms with E-state index in [-0.39, 0.29) is 11.9 Å². The van der Waals surface area contributed by atoms with Crippen molar-refractivity contribution >= 4 is 28.6 Å². The fourth-order valence-electron chi connectivity index (χ4n) is 2.82. The van der Waals surface area contributed by atoms with Crippen LogP contribution in [0.2, 0.25) is 0 Å². The van der Waals surface area contributed by atoms with Crippen molar-refractivity contribution in [3.05, 3.63) is 66.0 Å². The van der Waals surface area contributed by atoms with E-state index >= 15 is 0 Å². The van der Waals surface area contributed by atoms with Crippen LogP contribution in [0.3, 0.4) is 0 Å². The number of amides is 1. The van der Waals surface area contributed by atoms with Crippen LogP contribution < -0.4 is 0 Å². The largest absolute Gasteiger partial charge is 0.335 e. The van der Waals surface area contributed by atoms with Crippen LogP contribution in [0.15, 0.2) is 59.6 Å². The highest BCUT2D eigenvalue weighted by Crippen LogP contribution is 2.25. The predicted molar refractivity (Wildman–Crippen MR) is 107 cm³/mol. The van der Waals surface area contributed by atoms with Gasteiger partial charge in [0.15, 0.2) is 0 Å². The number of aromatic nitrogens is 2. The SMILES string of the molecule is Cc1nc(SCC(=O)N(Cc2ccccc2)C(C)C)c2ccccc2n1. The Bertz CT molecular complexity index is 896. The van der Waals surface area contributed by atoms with Crippen molar-refractivity contribution in [2.24, 2.45) is 0 Å². The molecule has 3 rings (SSSR count). The van der Waals surface area contributed by atoms with E-state index in [0.29, 0.717) is 12.3 Å².